The van der Waals surface area contributed by atoms with Crippen LogP contribution in [0, 0.1) is 0 Å². The second kappa shape index (κ2) is 19.9. The third kappa shape index (κ3) is 10.4. The summed E-state index contributed by atoms with van der Waals surface area (Å²) in [7, 11) is 3.06. The first kappa shape index (κ1) is 45.7. The third-order valence-electron chi connectivity index (χ3n) is 11.0. The minimum atomic E-state index is -0.492. The number of benzene rings is 4. The summed E-state index contributed by atoms with van der Waals surface area (Å²) in [6, 6.07) is 22.9. The van der Waals surface area contributed by atoms with Crippen molar-refractivity contribution in [2.45, 2.75) is 104 Å². The molecule has 6 aromatic rings. The molecule has 10 nitrogen and oxygen atoms in total. The van der Waals surface area contributed by atoms with Crippen molar-refractivity contribution in [2.24, 2.45) is 0 Å². The van der Waals surface area contributed by atoms with Gasteiger partial charge in [0.2, 0.25) is 0 Å². The molecule has 0 aliphatic heterocycles. The summed E-state index contributed by atoms with van der Waals surface area (Å²) in [5.74, 6) is 0.675. The zero-order valence-electron chi connectivity index (χ0n) is 37.3. The van der Waals surface area contributed by atoms with Gasteiger partial charge in [-0.2, -0.15) is 0 Å². The predicted molar refractivity (Wildman–Crippen MR) is 243 cm³/mol. The number of furan rings is 2. The number of allylic oxidation sites excluding steroid dienone is 2. The molecule has 0 radical (unpaired) electrons. The standard InChI is InChI=1S/C52H60O10/c1-51(2,3)37-21-17-35(18-22-37)45-43(39-27-33(31-53)29-41(57-7)47(39)61-45)49(55)59-25-15-13-11-9-10-12-14-16-26-60-50(56)44-40-28-34(32-54)30-42(58-8)48(40)62-46(44)36-19-23-38(24-20-36)52(4,5)6/h9-10,17-24,27-30,53-54H,11-16,25-26,31-32H2,1-8H3. The molecule has 0 atom stereocenters. The Morgan fingerprint density at radius 3 is 1.26 bits per heavy atom. The van der Waals surface area contributed by atoms with Gasteiger partial charge in [-0.1, -0.05) is 102 Å². The van der Waals surface area contributed by atoms with Crippen molar-refractivity contribution in [1.82, 2.24) is 0 Å². The number of carbonyl (C=O) groups excluding carboxylic acids is 2. The Hall–Kier alpha value is -5.84. The lowest BCUT2D eigenvalue weighted by molar-refractivity contribution is 0.0491. The second-order valence-corrected chi connectivity index (χ2v) is 17.7. The number of ether oxygens (including phenoxy) is 4. The number of aliphatic hydroxyl groups excluding tert-OH is 2. The first-order valence-corrected chi connectivity index (χ1v) is 21.4. The van der Waals surface area contributed by atoms with Crippen LogP contribution >= 0.6 is 0 Å². The van der Waals surface area contributed by atoms with Crippen molar-refractivity contribution >= 4 is 33.9 Å². The number of unbranched alkanes of at least 4 members (excludes halogenated alkanes) is 4. The fourth-order valence-electron chi connectivity index (χ4n) is 7.43. The Labute approximate surface area is 364 Å². The zero-order valence-corrected chi connectivity index (χ0v) is 37.3. The number of esters is 2. The number of hydrogen-bond acceptors (Lipinski definition) is 10. The number of carbonyl (C=O) groups is 2. The lowest BCUT2D eigenvalue weighted by Crippen LogP contribution is -2.10. The van der Waals surface area contributed by atoms with E-state index in [0.717, 1.165) is 47.9 Å². The molecule has 0 bridgehead atoms. The molecule has 2 aromatic heterocycles. The molecule has 0 aliphatic carbocycles. The van der Waals surface area contributed by atoms with Crippen LogP contribution in [0.1, 0.15) is 123 Å². The maximum Gasteiger partial charge on any atom is 0.342 e. The van der Waals surface area contributed by atoms with Crippen molar-refractivity contribution in [3.8, 4) is 34.1 Å². The molecule has 4 aromatic carbocycles. The molecule has 62 heavy (non-hydrogen) atoms. The van der Waals surface area contributed by atoms with Gasteiger partial charge in [0.25, 0.3) is 0 Å². The summed E-state index contributed by atoms with van der Waals surface area (Å²) >= 11 is 0. The summed E-state index contributed by atoms with van der Waals surface area (Å²) in [5, 5.41) is 20.9. The van der Waals surface area contributed by atoms with Gasteiger partial charge in [-0.15, -0.1) is 0 Å². The fraction of sp³-hybridized carbons (Fsp3) is 0.385. The van der Waals surface area contributed by atoms with E-state index in [1.54, 1.807) is 24.3 Å². The Morgan fingerprint density at radius 1 is 0.565 bits per heavy atom. The van der Waals surface area contributed by atoms with Crippen molar-refractivity contribution in [1.29, 1.82) is 0 Å². The largest absolute Gasteiger partial charge is 0.493 e. The topological polar surface area (TPSA) is 138 Å². The second-order valence-electron chi connectivity index (χ2n) is 17.7. The van der Waals surface area contributed by atoms with E-state index in [0.29, 0.717) is 80.1 Å². The van der Waals surface area contributed by atoms with Crippen LogP contribution in [0.25, 0.3) is 44.6 Å². The Bertz CT molecular complexity index is 2330. The lowest BCUT2D eigenvalue weighted by Gasteiger charge is -2.19. The highest BCUT2D eigenvalue weighted by atomic mass is 16.5. The van der Waals surface area contributed by atoms with Crippen LogP contribution in [0.2, 0.25) is 0 Å². The smallest absolute Gasteiger partial charge is 0.342 e. The average Bonchev–Trinajstić information content (AvgIpc) is 3.85. The molecule has 10 heteroatoms. The van der Waals surface area contributed by atoms with E-state index in [4.69, 9.17) is 27.8 Å². The Balaban J connectivity index is 1.00. The normalized spacial score (nSPS) is 12.1. The fourth-order valence-corrected chi connectivity index (χ4v) is 7.43. The van der Waals surface area contributed by atoms with E-state index in [2.05, 4.69) is 53.7 Å². The van der Waals surface area contributed by atoms with Gasteiger partial charge >= 0.3 is 11.9 Å². The molecule has 2 N–H and O–H groups in total. The van der Waals surface area contributed by atoms with E-state index in [9.17, 15) is 19.8 Å². The summed E-state index contributed by atoms with van der Waals surface area (Å²) < 4.78 is 35.3. The van der Waals surface area contributed by atoms with Crippen LogP contribution in [0.5, 0.6) is 11.5 Å². The van der Waals surface area contributed by atoms with Crippen LogP contribution in [0.15, 0.2) is 93.8 Å². The number of aliphatic hydroxyl groups is 2. The van der Waals surface area contributed by atoms with Gasteiger partial charge in [-0.3, -0.25) is 0 Å². The molecule has 0 saturated carbocycles. The summed E-state index contributed by atoms with van der Waals surface area (Å²) in [4.78, 5) is 27.4. The summed E-state index contributed by atoms with van der Waals surface area (Å²) in [5.41, 5.74) is 6.39. The monoisotopic (exact) mass is 844 g/mol. The van der Waals surface area contributed by atoms with E-state index >= 15 is 0 Å². The number of rotatable bonds is 18. The first-order valence-electron chi connectivity index (χ1n) is 21.4. The molecule has 6 rings (SSSR count). The SMILES string of the molecule is COc1cc(CO)cc2c(C(=O)OCCCCC=CCCCCOC(=O)c3c(-c4ccc(C(C)(C)C)cc4)oc4c(OC)cc(CO)cc34)c(-c3ccc(C(C)(C)C)cc3)oc12. The Kier molecular flexibility index (Phi) is 14.7. The van der Waals surface area contributed by atoms with E-state index in [-0.39, 0.29) is 37.3 Å². The van der Waals surface area contributed by atoms with Gasteiger partial charge in [-0.05, 0) is 95.9 Å². The van der Waals surface area contributed by atoms with E-state index < -0.39 is 11.9 Å². The minimum absolute atomic E-state index is 0.0352. The van der Waals surface area contributed by atoms with Crippen molar-refractivity contribution in [3.63, 3.8) is 0 Å². The minimum Gasteiger partial charge on any atom is -0.493 e. The van der Waals surface area contributed by atoms with E-state index in [1.807, 2.05) is 48.5 Å². The lowest BCUT2D eigenvalue weighted by atomic mass is 9.86. The highest BCUT2D eigenvalue weighted by molar-refractivity contribution is 6.11. The van der Waals surface area contributed by atoms with Crippen LogP contribution < -0.4 is 9.47 Å². The first-order chi connectivity index (χ1) is 29.7. The van der Waals surface area contributed by atoms with Gasteiger partial charge < -0.3 is 38.0 Å². The molecule has 0 spiro atoms. The molecule has 0 amide bonds. The van der Waals surface area contributed by atoms with Crippen molar-refractivity contribution < 1.29 is 47.6 Å². The Morgan fingerprint density at radius 2 is 0.935 bits per heavy atom. The molecular formula is C52H60O10. The predicted octanol–water partition coefficient (Wildman–Crippen LogP) is 12.0. The van der Waals surface area contributed by atoms with Crippen LogP contribution in [-0.4, -0.2) is 49.6 Å². The van der Waals surface area contributed by atoms with E-state index in [1.165, 1.54) is 14.2 Å². The van der Waals surface area contributed by atoms with Gasteiger partial charge in [0.1, 0.15) is 22.6 Å². The number of fused-ring (bicyclic) bond motifs is 2. The maximum absolute atomic E-state index is 13.7. The quantitative estimate of drug-likeness (QED) is 0.0488. The maximum atomic E-state index is 13.7. The highest BCUT2D eigenvalue weighted by Crippen LogP contribution is 2.42. The molecular weight excluding hydrogens is 785 g/mol. The van der Waals surface area contributed by atoms with Gasteiger partial charge in [0.15, 0.2) is 22.7 Å². The zero-order chi connectivity index (χ0) is 44.6. The molecule has 2 heterocycles. The molecule has 0 aliphatic rings. The molecule has 0 saturated heterocycles. The van der Waals surface area contributed by atoms with Crippen molar-refractivity contribution in [2.75, 3.05) is 27.4 Å². The molecule has 0 fully saturated rings. The summed E-state index contributed by atoms with van der Waals surface area (Å²) in [6.07, 6.45) is 8.94. The highest BCUT2D eigenvalue weighted by Gasteiger charge is 2.28. The van der Waals surface area contributed by atoms with Gasteiger partial charge in [-0.25, -0.2) is 9.59 Å². The van der Waals surface area contributed by atoms with Crippen LogP contribution in [-0.2, 0) is 33.5 Å². The summed E-state index contributed by atoms with van der Waals surface area (Å²) in [6.45, 7) is 12.9. The molecule has 0 unspecified atom stereocenters. The van der Waals surface area contributed by atoms with Crippen molar-refractivity contribution in [3.05, 3.63) is 118 Å². The number of hydrogen-bond donors (Lipinski definition) is 2. The number of methoxy groups -OCH3 is 2. The molecule has 328 valence electrons. The van der Waals surface area contributed by atoms with Crippen LogP contribution in [0.3, 0.4) is 0 Å². The third-order valence-corrected chi connectivity index (χ3v) is 11.0. The average molecular weight is 845 g/mol. The van der Waals surface area contributed by atoms with Gasteiger partial charge in [0.05, 0.1) is 40.6 Å². The van der Waals surface area contributed by atoms with Crippen LogP contribution in [0.4, 0.5) is 0 Å². The van der Waals surface area contributed by atoms with Gasteiger partial charge in [0, 0.05) is 21.9 Å².